The maximum atomic E-state index is 13.0. The molecule has 0 amide bonds. The van der Waals surface area contributed by atoms with Crippen molar-refractivity contribution in [3.05, 3.63) is 35.7 Å². The standard InChI is InChI=1S/C22H26F2N4OS/c23-21(24)20-10-16(12-25-20)19-13-28(30)22-18(19)9-15(11-26-22)14-1-3-17(4-2-14)27-5-7-29-8-6-27/h9-14,17,20-21,30H,1-8H2. The summed E-state index contributed by atoms with van der Waals surface area (Å²) in [6, 6.07) is 1.76. The zero-order valence-electron chi connectivity index (χ0n) is 16.8. The van der Waals surface area contributed by atoms with Gasteiger partial charge in [-0.1, -0.05) is 12.8 Å². The van der Waals surface area contributed by atoms with Gasteiger partial charge in [0.25, 0.3) is 6.43 Å². The lowest BCUT2D eigenvalue weighted by Crippen LogP contribution is -2.44. The lowest BCUT2D eigenvalue weighted by atomic mass is 9.81. The fraction of sp³-hybridized carbons (Fsp3) is 0.545. The third-order valence-electron chi connectivity index (χ3n) is 6.68. The van der Waals surface area contributed by atoms with Crippen LogP contribution in [0, 0.1) is 0 Å². The summed E-state index contributed by atoms with van der Waals surface area (Å²) in [5.41, 5.74) is 3.55. The summed E-state index contributed by atoms with van der Waals surface area (Å²) >= 11 is 4.48. The van der Waals surface area contributed by atoms with E-state index in [1.165, 1.54) is 24.5 Å². The van der Waals surface area contributed by atoms with Crippen molar-refractivity contribution in [3.63, 3.8) is 0 Å². The quantitative estimate of drug-likeness (QED) is 0.737. The van der Waals surface area contributed by atoms with E-state index in [2.05, 4.69) is 33.8 Å². The van der Waals surface area contributed by atoms with Gasteiger partial charge >= 0.3 is 0 Å². The molecule has 0 spiro atoms. The Balaban J connectivity index is 1.36. The lowest BCUT2D eigenvalue weighted by Gasteiger charge is -2.38. The minimum Gasteiger partial charge on any atom is -0.379 e. The van der Waals surface area contributed by atoms with Gasteiger partial charge in [-0.2, -0.15) is 0 Å². The molecule has 2 aliphatic heterocycles. The molecule has 0 radical (unpaired) electrons. The van der Waals surface area contributed by atoms with Crippen molar-refractivity contribution in [1.82, 2.24) is 13.9 Å². The van der Waals surface area contributed by atoms with Crippen molar-refractivity contribution in [2.45, 2.75) is 50.1 Å². The number of aromatic nitrogens is 2. The molecule has 1 unspecified atom stereocenters. The van der Waals surface area contributed by atoms with Crippen molar-refractivity contribution in [3.8, 4) is 0 Å². The van der Waals surface area contributed by atoms with Crippen molar-refractivity contribution in [2.24, 2.45) is 4.99 Å². The number of halogens is 2. The number of hydrogen-bond acceptors (Lipinski definition) is 5. The van der Waals surface area contributed by atoms with Gasteiger partial charge in [0.15, 0.2) is 0 Å². The Labute approximate surface area is 180 Å². The number of aliphatic imine (C=N–C) groups is 1. The molecule has 5 rings (SSSR count). The first-order valence-corrected chi connectivity index (χ1v) is 11.1. The second-order valence-corrected chi connectivity index (χ2v) is 8.84. The Morgan fingerprint density at radius 3 is 2.60 bits per heavy atom. The molecule has 2 aromatic rings. The molecular formula is C22H26F2N4OS. The number of morpholine rings is 1. The van der Waals surface area contributed by atoms with E-state index in [1.807, 2.05) is 12.4 Å². The molecule has 0 bridgehead atoms. The maximum absolute atomic E-state index is 13.0. The number of thiol groups is 1. The van der Waals surface area contributed by atoms with Crippen LogP contribution in [-0.4, -0.2) is 64.9 Å². The number of nitrogens with zero attached hydrogens (tertiary/aromatic N) is 4. The number of alkyl halides is 2. The number of hydrogen-bond donors (Lipinski definition) is 1. The number of fused-ring (bicyclic) bond motifs is 1. The smallest absolute Gasteiger partial charge is 0.264 e. The highest BCUT2D eigenvalue weighted by molar-refractivity contribution is 7.78. The molecule has 3 aliphatic rings. The van der Waals surface area contributed by atoms with Crippen LogP contribution in [0.15, 0.2) is 29.5 Å². The number of rotatable bonds is 4. The minimum absolute atomic E-state index is 0.482. The SMILES string of the molecule is FC(F)C1C=C(c2cn(S)c3ncc(C4CCC(N5CCOCC5)CC4)cc23)C=N1. The third-order valence-corrected chi connectivity index (χ3v) is 6.99. The Morgan fingerprint density at radius 2 is 1.90 bits per heavy atom. The highest BCUT2D eigenvalue weighted by Gasteiger charge is 2.28. The number of allylic oxidation sites excluding steroid dienone is 1. The van der Waals surface area contributed by atoms with Gasteiger partial charge in [-0.25, -0.2) is 13.8 Å². The molecule has 0 N–H and O–H groups in total. The average molecular weight is 433 g/mol. The van der Waals surface area contributed by atoms with Gasteiger partial charge in [-0.15, -0.1) is 0 Å². The predicted octanol–water partition coefficient (Wildman–Crippen LogP) is 4.19. The van der Waals surface area contributed by atoms with E-state index in [-0.39, 0.29) is 0 Å². The second kappa shape index (κ2) is 8.40. The second-order valence-electron chi connectivity index (χ2n) is 8.41. The van der Waals surface area contributed by atoms with Crippen molar-refractivity contribution in [2.75, 3.05) is 26.3 Å². The average Bonchev–Trinajstić information content (AvgIpc) is 3.39. The molecule has 0 aromatic carbocycles. The van der Waals surface area contributed by atoms with Crippen molar-refractivity contribution in [1.29, 1.82) is 0 Å². The van der Waals surface area contributed by atoms with Crippen LogP contribution in [-0.2, 0) is 4.74 Å². The summed E-state index contributed by atoms with van der Waals surface area (Å²) in [4.78, 5) is 11.2. The topological polar surface area (TPSA) is 42.7 Å². The van der Waals surface area contributed by atoms with E-state index in [1.54, 1.807) is 10.2 Å². The van der Waals surface area contributed by atoms with Crippen LogP contribution in [0.3, 0.4) is 0 Å². The van der Waals surface area contributed by atoms with Gasteiger partial charge in [0.05, 0.1) is 13.2 Å². The normalized spacial score (nSPS) is 27.9. The van der Waals surface area contributed by atoms with Crippen LogP contribution < -0.4 is 0 Å². The summed E-state index contributed by atoms with van der Waals surface area (Å²) in [5, 5.41) is 0.949. The Bertz CT molecular complexity index is 975. The fourth-order valence-electron chi connectivity index (χ4n) is 5.01. The lowest BCUT2D eigenvalue weighted by molar-refractivity contribution is 0.00729. The molecule has 1 aliphatic carbocycles. The van der Waals surface area contributed by atoms with E-state index >= 15 is 0 Å². The molecule has 5 nitrogen and oxygen atoms in total. The van der Waals surface area contributed by atoms with Crippen LogP contribution in [0.25, 0.3) is 16.6 Å². The van der Waals surface area contributed by atoms with Gasteiger partial charge in [0.1, 0.15) is 11.7 Å². The van der Waals surface area contributed by atoms with Crippen molar-refractivity contribution >= 4 is 35.6 Å². The van der Waals surface area contributed by atoms with Crippen LogP contribution >= 0.6 is 12.8 Å². The highest BCUT2D eigenvalue weighted by atomic mass is 32.1. The Kier molecular flexibility index (Phi) is 5.64. The van der Waals surface area contributed by atoms with E-state index < -0.39 is 12.5 Å². The molecule has 1 saturated heterocycles. The highest BCUT2D eigenvalue weighted by Crippen LogP contribution is 2.37. The van der Waals surface area contributed by atoms with Crippen LogP contribution in [0.5, 0.6) is 0 Å². The van der Waals surface area contributed by atoms with Crippen LogP contribution in [0.1, 0.15) is 42.7 Å². The first-order valence-electron chi connectivity index (χ1n) is 10.7. The first-order chi connectivity index (χ1) is 14.6. The van der Waals surface area contributed by atoms with Gasteiger partial charge in [0, 0.05) is 54.3 Å². The molecule has 2 aromatic heterocycles. The van der Waals surface area contributed by atoms with Crippen LogP contribution in [0.2, 0.25) is 0 Å². The van der Waals surface area contributed by atoms with E-state index in [0.29, 0.717) is 17.5 Å². The molecule has 160 valence electrons. The largest absolute Gasteiger partial charge is 0.379 e. The fourth-order valence-corrected chi connectivity index (χ4v) is 5.29. The van der Waals surface area contributed by atoms with Crippen molar-refractivity contribution < 1.29 is 13.5 Å². The summed E-state index contributed by atoms with van der Waals surface area (Å²) in [5.74, 6) is 0.482. The van der Waals surface area contributed by atoms with E-state index in [0.717, 1.165) is 55.7 Å². The first kappa shape index (κ1) is 20.2. The molecule has 8 heteroatoms. The Morgan fingerprint density at radius 1 is 1.13 bits per heavy atom. The van der Waals surface area contributed by atoms with E-state index in [4.69, 9.17) is 4.74 Å². The zero-order chi connectivity index (χ0) is 20.7. The molecule has 1 saturated carbocycles. The number of ether oxygens (including phenoxy) is 1. The zero-order valence-corrected chi connectivity index (χ0v) is 17.6. The molecule has 4 heterocycles. The monoisotopic (exact) mass is 432 g/mol. The molecular weight excluding hydrogens is 406 g/mol. The maximum Gasteiger partial charge on any atom is 0.264 e. The van der Waals surface area contributed by atoms with Crippen LogP contribution in [0.4, 0.5) is 8.78 Å². The minimum atomic E-state index is -2.49. The van der Waals surface area contributed by atoms with Gasteiger partial charge in [0.2, 0.25) is 0 Å². The Hall–Kier alpha value is -1.77. The van der Waals surface area contributed by atoms with Gasteiger partial charge in [-0.05, 0) is 49.3 Å². The van der Waals surface area contributed by atoms with E-state index in [9.17, 15) is 8.78 Å². The van der Waals surface area contributed by atoms with Gasteiger partial charge in [-0.3, -0.25) is 13.9 Å². The summed E-state index contributed by atoms with van der Waals surface area (Å²) in [6.07, 6.45) is 9.05. The summed E-state index contributed by atoms with van der Waals surface area (Å²) in [7, 11) is 0. The van der Waals surface area contributed by atoms with Gasteiger partial charge < -0.3 is 4.74 Å². The third kappa shape index (κ3) is 3.81. The summed E-state index contributed by atoms with van der Waals surface area (Å²) in [6.45, 7) is 3.76. The molecule has 30 heavy (non-hydrogen) atoms. The predicted molar refractivity (Wildman–Crippen MR) is 118 cm³/mol. The summed E-state index contributed by atoms with van der Waals surface area (Å²) < 4.78 is 33.2. The molecule has 1 atom stereocenters. The number of pyridine rings is 1. The molecule has 2 fully saturated rings.